The number of carboxylic acid groups (broad SMARTS) is 1. The largest absolute Gasteiger partial charge is 0.492 e. The first-order chi connectivity index (χ1) is 18.0. The molecule has 0 aliphatic heterocycles. The van der Waals surface area contributed by atoms with Gasteiger partial charge in [0, 0.05) is 26.0 Å². The van der Waals surface area contributed by atoms with Crippen molar-refractivity contribution in [2.45, 2.75) is 65.4 Å². The van der Waals surface area contributed by atoms with Gasteiger partial charge in [0.25, 0.3) is 0 Å². The zero-order valence-electron chi connectivity index (χ0n) is 22.6. The summed E-state index contributed by atoms with van der Waals surface area (Å²) in [5.41, 5.74) is 2.00. The summed E-state index contributed by atoms with van der Waals surface area (Å²) in [7, 11) is 0. The molecule has 2 aromatic carbocycles. The van der Waals surface area contributed by atoms with Crippen LogP contribution in [0.1, 0.15) is 57.6 Å². The third-order valence-corrected chi connectivity index (χ3v) is 6.21. The molecule has 0 aromatic heterocycles. The van der Waals surface area contributed by atoms with E-state index in [1.807, 2.05) is 54.6 Å². The van der Waals surface area contributed by atoms with Gasteiger partial charge in [-0.1, -0.05) is 69.2 Å². The highest BCUT2D eigenvalue weighted by molar-refractivity contribution is 5.72. The first-order valence-electron chi connectivity index (χ1n) is 13.5. The van der Waals surface area contributed by atoms with Crippen LogP contribution < -0.4 is 4.74 Å². The van der Waals surface area contributed by atoms with Crippen molar-refractivity contribution in [3.63, 3.8) is 0 Å². The van der Waals surface area contributed by atoms with Crippen LogP contribution in [0.5, 0.6) is 5.75 Å². The van der Waals surface area contributed by atoms with Crippen molar-refractivity contribution in [3.8, 4) is 5.75 Å². The zero-order chi connectivity index (χ0) is 26.9. The third kappa shape index (κ3) is 11.7. The fraction of sp³-hybridized carbons (Fsp3) is 0.533. The quantitative estimate of drug-likeness (QED) is 0.263. The van der Waals surface area contributed by atoms with E-state index in [0.29, 0.717) is 57.4 Å². The molecule has 1 atom stereocenters. The van der Waals surface area contributed by atoms with E-state index in [-0.39, 0.29) is 6.09 Å². The van der Waals surface area contributed by atoms with E-state index >= 15 is 0 Å². The summed E-state index contributed by atoms with van der Waals surface area (Å²) in [4.78, 5) is 26.1. The van der Waals surface area contributed by atoms with Crippen molar-refractivity contribution in [1.82, 2.24) is 4.90 Å². The van der Waals surface area contributed by atoms with Gasteiger partial charge in [-0.3, -0.25) is 0 Å². The van der Waals surface area contributed by atoms with Crippen LogP contribution in [0.4, 0.5) is 4.79 Å². The molecule has 2 aromatic rings. The number of amides is 1. The fourth-order valence-corrected chi connectivity index (χ4v) is 4.33. The summed E-state index contributed by atoms with van der Waals surface area (Å²) < 4.78 is 16.8. The van der Waals surface area contributed by atoms with Gasteiger partial charge in [-0.2, -0.15) is 0 Å². The highest BCUT2D eigenvalue weighted by atomic mass is 16.6. The van der Waals surface area contributed by atoms with Crippen molar-refractivity contribution in [1.29, 1.82) is 0 Å². The van der Waals surface area contributed by atoms with Gasteiger partial charge in [0.1, 0.15) is 12.4 Å². The Balaban J connectivity index is 1.92. The minimum atomic E-state index is -0.970. The molecule has 0 bridgehead atoms. The molecule has 204 valence electrons. The van der Waals surface area contributed by atoms with Gasteiger partial charge < -0.3 is 24.2 Å². The van der Waals surface area contributed by atoms with Crippen LogP contribution in [0, 0.1) is 5.92 Å². The lowest BCUT2D eigenvalue weighted by molar-refractivity contribution is -0.149. The number of aliphatic carboxylic acids is 1. The molecule has 1 amide bonds. The van der Waals surface area contributed by atoms with Crippen molar-refractivity contribution < 1.29 is 28.9 Å². The van der Waals surface area contributed by atoms with Crippen LogP contribution in [0.3, 0.4) is 0 Å². The predicted octanol–water partition coefficient (Wildman–Crippen LogP) is 6.00. The lowest BCUT2D eigenvalue weighted by Gasteiger charge is -2.27. The van der Waals surface area contributed by atoms with Crippen LogP contribution in [-0.2, 0) is 27.1 Å². The molecular formula is C30H43NO6. The Bertz CT molecular complexity index is 896. The number of benzene rings is 2. The lowest BCUT2D eigenvalue weighted by Crippen LogP contribution is -2.39. The van der Waals surface area contributed by atoms with E-state index in [9.17, 15) is 14.7 Å². The molecule has 0 radical (unpaired) electrons. The molecule has 37 heavy (non-hydrogen) atoms. The first kappa shape index (κ1) is 30.2. The summed E-state index contributed by atoms with van der Waals surface area (Å²) >= 11 is 0. The standard InChI is InChI=1S/C30H43NO6/c1-4-10-26(11-5-2)23-31(30(34)37-20-18-24-12-8-7-9-13-24)19-21-36-27-16-14-25(15-17-27)22-28(29(32)33)35-6-3/h7-9,12-17,26,28H,4-6,10-11,18-23H2,1-3H3,(H,32,33). The van der Waals surface area contributed by atoms with E-state index in [4.69, 9.17) is 14.2 Å². The van der Waals surface area contributed by atoms with Crippen LogP contribution in [0.25, 0.3) is 0 Å². The average molecular weight is 514 g/mol. The number of carbonyl (C=O) groups is 2. The number of carbonyl (C=O) groups excluding carboxylic acids is 1. The minimum Gasteiger partial charge on any atom is -0.492 e. The van der Waals surface area contributed by atoms with Gasteiger partial charge in [-0.25, -0.2) is 9.59 Å². The molecule has 7 nitrogen and oxygen atoms in total. The van der Waals surface area contributed by atoms with E-state index in [1.165, 1.54) is 0 Å². The van der Waals surface area contributed by atoms with E-state index in [2.05, 4.69) is 13.8 Å². The molecule has 0 aliphatic rings. The predicted molar refractivity (Wildman–Crippen MR) is 145 cm³/mol. The van der Waals surface area contributed by atoms with Crippen LogP contribution in [0.15, 0.2) is 54.6 Å². The highest BCUT2D eigenvalue weighted by Crippen LogP contribution is 2.18. The van der Waals surface area contributed by atoms with Crippen molar-refractivity contribution >= 4 is 12.1 Å². The normalized spacial score (nSPS) is 11.8. The maximum absolute atomic E-state index is 13.0. The van der Waals surface area contributed by atoms with Gasteiger partial charge in [-0.15, -0.1) is 0 Å². The SMILES string of the molecule is CCCC(CCC)CN(CCOc1ccc(CC(OCC)C(=O)O)cc1)C(=O)OCCc1ccccc1. The second kappa shape index (κ2) is 17.4. The van der Waals surface area contributed by atoms with E-state index in [1.54, 1.807) is 11.8 Å². The molecule has 0 heterocycles. The summed E-state index contributed by atoms with van der Waals surface area (Å²) in [5, 5.41) is 9.28. The molecule has 0 spiro atoms. The molecule has 2 rings (SSSR count). The topological polar surface area (TPSA) is 85.3 Å². The smallest absolute Gasteiger partial charge is 0.409 e. The maximum atomic E-state index is 13.0. The van der Waals surface area contributed by atoms with Crippen LogP contribution in [0.2, 0.25) is 0 Å². The fourth-order valence-electron chi connectivity index (χ4n) is 4.33. The third-order valence-electron chi connectivity index (χ3n) is 6.21. The Morgan fingerprint density at radius 1 is 0.892 bits per heavy atom. The number of nitrogens with zero attached hydrogens (tertiary/aromatic N) is 1. The monoisotopic (exact) mass is 513 g/mol. The number of ether oxygens (including phenoxy) is 3. The Labute approximate surface area is 221 Å². The maximum Gasteiger partial charge on any atom is 0.409 e. The molecule has 0 fully saturated rings. The van der Waals surface area contributed by atoms with Gasteiger partial charge in [-0.05, 0) is 48.9 Å². The van der Waals surface area contributed by atoms with Gasteiger partial charge >= 0.3 is 12.1 Å². The molecular weight excluding hydrogens is 470 g/mol. The molecule has 0 saturated heterocycles. The second-order valence-electron chi connectivity index (χ2n) is 9.22. The summed E-state index contributed by atoms with van der Waals surface area (Å²) in [6.45, 7) is 8.24. The minimum absolute atomic E-state index is 0.294. The number of hydrogen-bond donors (Lipinski definition) is 1. The number of rotatable bonds is 18. The van der Waals surface area contributed by atoms with Gasteiger partial charge in [0.15, 0.2) is 6.10 Å². The van der Waals surface area contributed by atoms with Crippen molar-refractivity contribution in [2.75, 3.05) is 32.9 Å². The molecule has 1 unspecified atom stereocenters. The average Bonchev–Trinajstić information content (AvgIpc) is 2.89. The second-order valence-corrected chi connectivity index (χ2v) is 9.22. The molecule has 0 aliphatic carbocycles. The first-order valence-corrected chi connectivity index (χ1v) is 13.5. The Kier molecular flexibility index (Phi) is 14.2. The summed E-state index contributed by atoms with van der Waals surface area (Å²) in [6.07, 6.45) is 4.12. The zero-order valence-corrected chi connectivity index (χ0v) is 22.6. The summed E-state index contributed by atoms with van der Waals surface area (Å²) in [6, 6.07) is 17.3. The number of hydrogen-bond acceptors (Lipinski definition) is 5. The Morgan fingerprint density at radius 2 is 1.57 bits per heavy atom. The van der Waals surface area contributed by atoms with Crippen molar-refractivity contribution in [2.24, 2.45) is 5.92 Å². The molecule has 0 saturated carbocycles. The Morgan fingerprint density at radius 3 is 2.16 bits per heavy atom. The van der Waals surface area contributed by atoms with Gasteiger partial charge in [0.2, 0.25) is 0 Å². The lowest BCUT2D eigenvalue weighted by atomic mass is 9.98. The highest BCUT2D eigenvalue weighted by Gasteiger charge is 2.20. The van der Waals surface area contributed by atoms with E-state index < -0.39 is 12.1 Å². The number of carboxylic acids is 1. The molecule has 7 heteroatoms. The van der Waals surface area contributed by atoms with E-state index in [0.717, 1.165) is 36.8 Å². The van der Waals surface area contributed by atoms with Crippen LogP contribution in [-0.4, -0.2) is 61.1 Å². The van der Waals surface area contributed by atoms with Crippen molar-refractivity contribution in [3.05, 3.63) is 65.7 Å². The van der Waals surface area contributed by atoms with Gasteiger partial charge in [0.05, 0.1) is 13.2 Å². The summed E-state index contributed by atoms with van der Waals surface area (Å²) in [5.74, 6) is 0.133. The van der Waals surface area contributed by atoms with Crippen LogP contribution >= 0.6 is 0 Å². The molecule has 1 N–H and O–H groups in total. The Hall–Kier alpha value is -3.06.